The van der Waals surface area contributed by atoms with Crippen LogP contribution in [0.4, 0.5) is 0 Å². The van der Waals surface area contributed by atoms with Gasteiger partial charge in [-0.2, -0.15) is 9.97 Å². The first-order valence-corrected chi connectivity index (χ1v) is 16.7. The molecule has 0 N–H and O–H groups in total. The third-order valence-corrected chi connectivity index (χ3v) is 9.43. The fourth-order valence-electron chi connectivity index (χ4n) is 7.20. The van der Waals surface area contributed by atoms with E-state index >= 15 is 0 Å². The van der Waals surface area contributed by atoms with E-state index in [-0.39, 0.29) is 0 Å². The molecule has 50 heavy (non-hydrogen) atoms. The summed E-state index contributed by atoms with van der Waals surface area (Å²) in [6.45, 7) is 0. The van der Waals surface area contributed by atoms with Crippen molar-refractivity contribution in [3.05, 3.63) is 170 Å². The molecule has 10 rings (SSSR count). The standard InChI is InChI=1S/C44H28N6/c1-4-14-29(15-5-1)42-46-43(30-16-6-2-7-17-30)48-44(47-42)50-38-23-13-11-21-34(38)36-28-31(24-25-39(36)50)40-41-35(26-27-45-40)33-20-10-12-22-37(33)49(41)32-18-8-3-9-19-32/h1-28H. The Morgan fingerprint density at radius 1 is 0.380 bits per heavy atom. The van der Waals surface area contributed by atoms with Crippen molar-refractivity contribution in [2.75, 3.05) is 0 Å². The summed E-state index contributed by atoms with van der Waals surface area (Å²) in [6, 6.07) is 56.5. The number of hydrogen-bond donors (Lipinski definition) is 0. The Morgan fingerprint density at radius 3 is 1.58 bits per heavy atom. The number of aromatic nitrogens is 6. The molecule has 0 spiro atoms. The first-order chi connectivity index (χ1) is 24.8. The molecule has 4 heterocycles. The van der Waals surface area contributed by atoms with E-state index in [1.54, 1.807) is 0 Å². The summed E-state index contributed by atoms with van der Waals surface area (Å²) in [5, 5.41) is 4.58. The molecule has 6 nitrogen and oxygen atoms in total. The number of rotatable bonds is 5. The highest BCUT2D eigenvalue weighted by molar-refractivity contribution is 6.15. The van der Waals surface area contributed by atoms with E-state index in [4.69, 9.17) is 19.9 Å². The second-order valence-electron chi connectivity index (χ2n) is 12.3. The molecular formula is C44H28N6. The van der Waals surface area contributed by atoms with Crippen molar-refractivity contribution in [3.8, 4) is 45.7 Å². The van der Waals surface area contributed by atoms with Crippen LogP contribution in [0.1, 0.15) is 0 Å². The molecule has 0 aliphatic carbocycles. The average Bonchev–Trinajstić information content (AvgIpc) is 3.71. The lowest BCUT2D eigenvalue weighted by Crippen LogP contribution is -2.06. The number of para-hydroxylation sites is 3. The molecule has 6 aromatic carbocycles. The summed E-state index contributed by atoms with van der Waals surface area (Å²) in [5.74, 6) is 1.82. The lowest BCUT2D eigenvalue weighted by Gasteiger charge is -2.12. The molecule has 10 aromatic rings. The largest absolute Gasteiger partial charge is 0.307 e. The van der Waals surface area contributed by atoms with Crippen molar-refractivity contribution < 1.29 is 0 Å². The van der Waals surface area contributed by atoms with Crippen molar-refractivity contribution in [2.24, 2.45) is 0 Å². The molecule has 234 valence electrons. The Balaban J connectivity index is 1.23. The van der Waals surface area contributed by atoms with Crippen molar-refractivity contribution in [1.29, 1.82) is 0 Å². The van der Waals surface area contributed by atoms with Crippen molar-refractivity contribution in [3.63, 3.8) is 0 Å². The minimum absolute atomic E-state index is 0.570. The number of nitrogens with zero attached hydrogens (tertiary/aromatic N) is 6. The Hall–Kier alpha value is -6.92. The summed E-state index contributed by atoms with van der Waals surface area (Å²) in [6.07, 6.45) is 1.92. The van der Waals surface area contributed by atoms with Crippen LogP contribution in [0, 0.1) is 0 Å². The van der Waals surface area contributed by atoms with Gasteiger partial charge in [0.1, 0.15) is 0 Å². The summed E-state index contributed by atoms with van der Waals surface area (Å²) in [5.41, 5.74) is 9.20. The minimum Gasteiger partial charge on any atom is -0.307 e. The van der Waals surface area contributed by atoms with Gasteiger partial charge >= 0.3 is 0 Å². The number of pyridine rings is 1. The molecule has 0 aliphatic rings. The lowest BCUT2D eigenvalue weighted by atomic mass is 10.0. The topological polar surface area (TPSA) is 61.4 Å². The molecule has 0 unspecified atom stereocenters. The van der Waals surface area contributed by atoms with Crippen LogP contribution < -0.4 is 0 Å². The van der Waals surface area contributed by atoms with Crippen LogP contribution in [0.3, 0.4) is 0 Å². The van der Waals surface area contributed by atoms with Crippen LogP contribution in [-0.2, 0) is 0 Å². The summed E-state index contributed by atoms with van der Waals surface area (Å²) in [4.78, 5) is 20.1. The maximum absolute atomic E-state index is 5.09. The van der Waals surface area contributed by atoms with Gasteiger partial charge in [0.15, 0.2) is 11.6 Å². The normalized spacial score (nSPS) is 11.6. The van der Waals surface area contributed by atoms with E-state index < -0.39 is 0 Å². The predicted molar refractivity (Wildman–Crippen MR) is 203 cm³/mol. The Labute approximate surface area is 287 Å². The second kappa shape index (κ2) is 11.4. The molecule has 6 heteroatoms. The van der Waals surface area contributed by atoms with E-state index in [1.165, 1.54) is 10.8 Å². The van der Waals surface area contributed by atoms with Gasteiger partial charge in [-0.1, -0.05) is 121 Å². The molecule has 4 aromatic heterocycles. The van der Waals surface area contributed by atoms with Gasteiger partial charge in [-0.25, -0.2) is 4.98 Å². The molecule has 0 radical (unpaired) electrons. The summed E-state index contributed by atoms with van der Waals surface area (Å²) < 4.78 is 4.49. The first-order valence-electron chi connectivity index (χ1n) is 16.7. The highest BCUT2D eigenvalue weighted by Crippen LogP contribution is 2.39. The van der Waals surface area contributed by atoms with Crippen molar-refractivity contribution >= 4 is 43.6 Å². The van der Waals surface area contributed by atoms with Crippen LogP contribution in [0.2, 0.25) is 0 Å². The molecule has 0 amide bonds. The third kappa shape index (κ3) is 4.43. The number of hydrogen-bond acceptors (Lipinski definition) is 4. The Kier molecular flexibility index (Phi) is 6.39. The monoisotopic (exact) mass is 640 g/mol. The van der Waals surface area contributed by atoms with E-state index in [1.807, 2.05) is 66.9 Å². The Bertz CT molecular complexity index is 2800. The number of fused-ring (bicyclic) bond motifs is 6. The van der Waals surface area contributed by atoms with Gasteiger partial charge in [-0.05, 0) is 42.5 Å². The second-order valence-corrected chi connectivity index (χ2v) is 12.3. The van der Waals surface area contributed by atoms with Crippen molar-refractivity contribution in [2.45, 2.75) is 0 Å². The highest BCUT2D eigenvalue weighted by Gasteiger charge is 2.21. The SMILES string of the molecule is c1ccc(-c2nc(-c3ccccc3)nc(-n3c4ccccc4c4cc(-c5nccc6c7ccccc7n(-c7ccccc7)c56)ccc43)n2)cc1. The summed E-state index contributed by atoms with van der Waals surface area (Å²) >= 11 is 0. The van der Waals surface area contributed by atoms with Gasteiger partial charge in [-0.3, -0.25) is 9.55 Å². The summed E-state index contributed by atoms with van der Waals surface area (Å²) in [7, 11) is 0. The van der Waals surface area contributed by atoms with Crippen LogP contribution >= 0.6 is 0 Å². The van der Waals surface area contributed by atoms with Crippen LogP contribution in [0.25, 0.3) is 89.3 Å². The zero-order chi connectivity index (χ0) is 33.0. The van der Waals surface area contributed by atoms with E-state index in [9.17, 15) is 0 Å². The number of benzene rings is 6. The van der Waals surface area contributed by atoms with Gasteiger partial charge in [0.25, 0.3) is 0 Å². The molecule has 0 saturated carbocycles. The van der Waals surface area contributed by atoms with E-state index in [0.717, 1.165) is 60.9 Å². The smallest absolute Gasteiger partial charge is 0.238 e. The molecule has 0 atom stereocenters. The zero-order valence-corrected chi connectivity index (χ0v) is 26.8. The quantitative estimate of drug-likeness (QED) is 0.188. The molecule has 0 aliphatic heterocycles. The lowest BCUT2D eigenvalue weighted by molar-refractivity contribution is 0.953. The van der Waals surface area contributed by atoms with Crippen LogP contribution in [-0.4, -0.2) is 29.1 Å². The third-order valence-electron chi connectivity index (χ3n) is 9.43. The molecule has 0 bridgehead atoms. The van der Waals surface area contributed by atoms with Crippen LogP contribution in [0.15, 0.2) is 170 Å². The maximum Gasteiger partial charge on any atom is 0.238 e. The highest BCUT2D eigenvalue weighted by atomic mass is 15.2. The minimum atomic E-state index is 0.570. The van der Waals surface area contributed by atoms with Crippen LogP contribution in [0.5, 0.6) is 0 Å². The Morgan fingerprint density at radius 2 is 0.920 bits per heavy atom. The van der Waals surface area contributed by atoms with E-state index in [0.29, 0.717) is 17.6 Å². The van der Waals surface area contributed by atoms with Gasteiger partial charge in [-0.15, -0.1) is 0 Å². The van der Waals surface area contributed by atoms with Crippen molar-refractivity contribution in [1.82, 2.24) is 29.1 Å². The maximum atomic E-state index is 5.09. The van der Waals surface area contributed by atoms with Gasteiger partial charge in [0, 0.05) is 50.1 Å². The van der Waals surface area contributed by atoms with Gasteiger partial charge < -0.3 is 4.57 Å². The molecule has 0 fully saturated rings. The predicted octanol–water partition coefficient (Wildman–Crippen LogP) is 10.5. The fourth-order valence-corrected chi connectivity index (χ4v) is 7.20. The van der Waals surface area contributed by atoms with E-state index in [2.05, 4.69) is 112 Å². The average molecular weight is 641 g/mol. The first kappa shape index (κ1) is 28.1. The zero-order valence-electron chi connectivity index (χ0n) is 26.8. The molecule has 0 saturated heterocycles. The van der Waals surface area contributed by atoms with Gasteiger partial charge in [0.2, 0.25) is 5.95 Å². The van der Waals surface area contributed by atoms with Gasteiger partial charge in [0.05, 0.1) is 27.8 Å². The fraction of sp³-hybridized carbons (Fsp3) is 0. The molecular weight excluding hydrogens is 613 g/mol.